The van der Waals surface area contributed by atoms with Gasteiger partial charge in [-0.25, -0.2) is 0 Å². The standard InChI is InChI=1S/C28H37OP/c1-26(2,3)19-14-16-20(17-15-19)30(29)25-22-13-11-10-12-21(22)23(27(4,5)6)18-24(25)28(7,8)9/h10-18,29H,1-9H3. The van der Waals surface area contributed by atoms with E-state index in [9.17, 15) is 4.89 Å². The minimum Gasteiger partial charge on any atom is -0.364 e. The third kappa shape index (κ3) is 4.48. The van der Waals surface area contributed by atoms with E-state index in [0.717, 1.165) is 10.6 Å². The van der Waals surface area contributed by atoms with Gasteiger partial charge in [0.15, 0.2) is 0 Å². The number of fused-ring (bicyclic) bond motifs is 1. The van der Waals surface area contributed by atoms with Crippen molar-refractivity contribution in [1.82, 2.24) is 0 Å². The Morgan fingerprint density at radius 1 is 0.600 bits per heavy atom. The Morgan fingerprint density at radius 2 is 1.10 bits per heavy atom. The molecule has 0 aliphatic rings. The molecule has 0 saturated heterocycles. The van der Waals surface area contributed by atoms with Crippen LogP contribution in [-0.2, 0) is 16.2 Å². The van der Waals surface area contributed by atoms with E-state index in [1.54, 1.807) is 0 Å². The lowest BCUT2D eigenvalue weighted by molar-refractivity contribution is 0.574. The van der Waals surface area contributed by atoms with Crippen molar-refractivity contribution >= 4 is 29.5 Å². The van der Waals surface area contributed by atoms with E-state index in [4.69, 9.17) is 0 Å². The third-order valence-corrected chi connectivity index (χ3v) is 7.51. The lowest BCUT2D eigenvalue weighted by atomic mass is 9.78. The van der Waals surface area contributed by atoms with Gasteiger partial charge in [-0.15, -0.1) is 0 Å². The maximum Gasteiger partial charge on any atom is 0.0886 e. The van der Waals surface area contributed by atoms with Crippen molar-refractivity contribution in [2.45, 2.75) is 78.6 Å². The number of rotatable bonds is 2. The van der Waals surface area contributed by atoms with E-state index in [-0.39, 0.29) is 16.2 Å². The monoisotopic (exact) mass is 420 g/mol. The Hall–Kier alpha value is -1.69. The zero-order chi connectivity index (χ0) is 22.5. The van der Waals surface area contributed by atoms with Crippen molar-refractivity contribution in [1.29, 1.82) is 0 Å². The maximum atomic E-state index is 11.7. The first-order valence-corrected chi connectivity index (χ1v) is 12.2. The molecule has 3 aromatic rings. The van der Waals surface area contributed by atoms with Gasteiger partial charge in [-0.05, 0) is 43.7 Å². The zero-order valence-electron chi connectivity index (χ0n) is 20.1. The Kier molecular flexibility index (Phi) is 5.96. The number of benzene rings is 3. The highest BCUT2D eigenvalue weighted by atomic mass is 31.1. The summed E-state index contributed by atoms with van der Waals surface area (Å²) in [5.74, 6) is 0. The van der Waals surface area contributed by atoms with Gasteiger partial charge >= 0.3 is 0 Å². The van der Waals surface area contributed by atoms with Gasteiger partial charge in [0.2, 0.25) is 0 Å². The minimum absolute atomic E-state index is 0.0324. The van der Waals surface area contributed by atoms with Gasteiger partial charge in [0.05, 0.1) is 8.15 Å². The zero-order valence-corrected chi connectivity index (χ0v) is 21.0. The third-order valence-electron chi connectivity index (χ3n) is 5.82. The summed E-state index contributed by atoms with van der Waals surface area (Å²) >= 11 is 0. The van der Waals surface area contributed by atoms with Crippen molar-refractivity contribution in [2.24, 2.45) is 0 Å². The molecule has 0 bridgehead atoms. The van der Waals surface area contributed by atoms with Crippen molar-refractivity contribution in [3.8, 4) is 0 Å². The summed E-state index contributed by atoms with van der Waals surface area (Å²) in [6, 6.07) is 19.5. The highest BCUT2D eigenvalue weighted by Gasteiger charge is 2.29. The van der Waals surface area contributed by atoms with Crippen LogP contribution in [0.25, 0.3) is 10.8 Å². The predicted octanol–water partition coefficient (Wildman–Crippen LogP) is 7.07. The van der Waals surface area contributed by atoms with E-state index in [2.05, 4.69) is 117 Å². The molecule has 0 spiro atoms. The molecule has 0 fully saturated rings. The largest absolute Gasteiger partial charge is 0.364 e. The molecule has 30 heavy (non-hydrogen) atoms. The molecule has 0 aliphatic heterocycles. The molecule has 3 rings (SSSR count). The molecule has 0 radical (unpaired) electrons. The predicted molar refractivity (Wildman–Crippen MR) is 135 cm³/mol. The van der Waals surface area contributed by atoms with Crippen molar-refractivity contribution in [3.63, 3.8) is 0 Å². The van der Waals surface area contributed by atoms with Gasteiger partial charge in [-0.2, -0.15) is 0 Å². The molecule has 0 heterocycles. The summed E-state index contributed by atoms with van der Waals surface area (Å²) in [5.41, 5.74) is 3.96. The molecule has 1 atom stereocenters. The fourth-order valence-corrected chi connectivity index (χ4v) is 5.75. The van der Waals surface area contributed by atoms with Gasteiger partial charge in [0.1, 0.15) is 0 Å². The van der Waals surface area contributed by atoms with Crippen LogP contribution in [0.4, 0.5) is 0 Å². The van der Waals surface area contributed by atoms with Crippen molar-refractivity contribution < 1.29 is 4.89 Å². The molecular weight excluding hydrogens is 383 g/mol. The smallest absolute Gasteiger partial charge is 0.0886 e. The Balaban J connectivity index is 2.29. The van der Waals surface area contributed by atoms with Crippen molar-refractivity contribution in [3.05, 3.63) is 71.3 Å². The first-order valence-electron chi connectivity index (χ1n) is 10.9. The molecular formula is C28H37OP. The summed E-state index contributed by atoms with van der Waals surface area (Å²) in [6.45, 7) is 20.2. The van der Waals surface area contributed by atoms with E-state index in [1.165, 1.54) is 27.5 Å². The molecule has 1 nitrogen and oxygen atoms in total. The van der Waals surface area contributed by atoms with Crippen LogP contribution >= 0.6 is 8.15 Å². The fourth-order valence-electron chi connectivity index (χ4n) is 4.01. The van der Waals surface area contributed by atoms with Crippen LogP contribution in [0.1, 0.15) is 79.0 Å². The van der Waals surface area contributed by atoms with Crippen LogP contribution in [0, 0.1) is 0 Å². The molecule has 2 heteroatoms. The topological polar surface area (TPSA) is 20.2 Å². The van der Waals surface area contributed by atoms with Crippen LogP contribution in [0.5, 0.6) is 0 Å². The lowest BCUT2D eigenvalue weighted by Gasteiger charge is -2.31. The Bertz CT molecular complexity index is 1040. The summed E-state index contributed by atoms with van der Waals surface area (Å²) in [5, 5.41) is 4.55. The molecule has 0 aliphatic carbocycles. The lowest BCUT2D eigenvalue weighted by Crippen LogP contribution is -2.27. The minimum atomic E-state index is -1.45. The van der Waals surface area contributed by atoms with Crippen molar-refractivity contribution in [2.75, 3.05) is 0 Å². The highest BCUT2D eigenvalue weighted by Crippen LogP contribution is 2.41. The van der Waals surface area contributed by atoms with Crippen LogP contribution in [0.2, 0.25) is 0 Å². The molecule has 3 aromatic carbocycles. The van der Waals surface area contributed by atoms with E-state index >= 15 is 0 Å². The maximum absolute atomic E-state index is 11.7. The van der Waals surface area contributed by atoms with Gasteiger partial charge in [0, 0.05) is 10.6 Å². The first kappa shape index (κ1) is 23.0. The highest BCUT2D eigenvalue weighted by molar-refractivity contribution is 7.68. The quantitative estimate of drug-likeness (QED) is 0.440. The SMILES string of the molecule is CC(C)(C)c1ccc(P(O)c2c(C(C)(C)C)cc(C(C)(C)C)c3ccccc23)cc1. The Morgan fingerprint density at radius 3 is 1.57 bits per heavy atom. The molecule has 1 N–H and O–H groups in total. The van der Waals surface area contributed by atoms with Crippen LogP contribution < -0.4 is 10.6 Å². The molecule has 0 aromatic heterocycles. The second-order valence-electron chi connectivity index (χ2n) is 11.5. The molecule has 160 valence electrons. The van der Waals surface area contributed by atoms with Gasteiger partial charge in [0.25, 0.3) is 0 Å². The van der Waals surface area contributed by atoms with Crippen LogP contribution in [0.15, 0.2) is 54.6 Å². The Labute approximate surface area is 184 Å². The van der Waals surface area contributed by atoms with Gasteiger partial charge in [-0.3, -0.25) is 0 Å². The van der Waals surface area contributed by atoms with E-state index in [1.807, 2.05) is 0 Å². The van der Waals surface area contributed by atoms with E-state index in [0.29, 0.717) is 0 Å². The average Bonchev–Trinajstić information content (AvgIpc) is 2.64. The molecule has 0 saturated carbocycles. The average molecular weight is 421 g/mol. The molecule has 1 unspecified atom stereocenters. The molecule has 0 amide bonds. The normalized spacial score (nSPS) is 14.2. The van der Waals surface area contributed by atoms with Gasteiger partial charge < -0.3 is 4.89 Å². The second kappa shape index (κ2) is 7.77. The summed E-state index contributed by atoms with van der Waals surface area (Å²) < 4.78 is 0. The first-order chi connectivity index (χ1) is 13.7. The summed E-state index contributed by atoms with van der Waals surface area (Å²) in [4.78, 5) is 11.7. The second-order valence-corrected chi connectivity index (χ2v) is 13.1. The summed E-state index contributed by atoms with van der Waals surface area (Å²) in [7, 11) is -1.45. The summed E-state index contributed by atoms with van der Waals surface area (Å²) in [6.07, 6.45) is 0. The number of hydrogen-bond donors (Lipinski definition) is 1. The van der Waals surface area contributed by atoms with Crippen LogP contribution in [-0.4, -0.2) is 4.89 Å². The number of hydrogen-bond acceptors (Lipinski definition) is 1. The van der Waals surface area contributed by atoms with Crippen LogP contribution in [0.3, 0.4) is 0 Å². The van der Waals surface area contributed by atoms with Gasteiger partial charge in [-0.1, -0.05) is 117 Å². The fraction of sp³-hybridized carbons (Fsp3) is 0.429. The van der Waals surface area contributed by atoms with E-state index < -0.39 is 8.15 Å².